The predicted molar refractivity (Wildman–Crippen MR) is 107 cm³/mol. The van der Waals surface area contributed by atoms with E-state index in [1.165, 1.54) is 12.1 Å². The molecule has 1 unspecified atom stereocenters. The Labute approximate surface area is 188 Å². The standard InChI is InChI=1S/C19H15ClF6N3O3P/c1-2-31-33(30,29-14-7-5-13(6-8-14)19(24,25)26)10-12-4-3-11(9-15(12)21)16-27-17(32-28-16)18(20,22)23/h3-9H,2,10H2,1H3,(H,29,30). The first kappa shape index (κ1) is 25.1. The Bertz CT molecular complexity index is 1160. The lowest BCUT2D eigenvalue weighted by Gasteiger charge is -2.21. The number of benzene rings is 2. The lowest BCUT2D eigenvalue weighted by Crippen LogP contribution is -2.07. The molecule has 0 bridgehead atoms. The topological polar surface area (TPSA) is 77.2 Å². The summed E-state index contributed by atoms with van der Waals surface area (Å²) in [7, 11) is -3.79. The minimum absolute atomic E-state index is 0.00546. The van der Waals surface area contributed by atoms with Gasteiger partial charge in [-0.25, -0.2) is 4.39 Å². The summed E-state index contributed by atoms with van der Waals surface area (Å²) in [6, 6.07) is 7.19. The van der Waals surface area contributed by atoms with Gasteiger partial charge in [-0.15, -0.1) is 0 Å². The van der Waals surface area contributed by atoms with Crippen molar-refractivity contribution in [2.24, 2.45) is 0 Å². The van der Waals surface area contributed by atoms with Crippen molar-refractivity contribution in [2.75, 3.05) is 11.7 Å². The van der Waals surface area contributed by atoms with Gasteiger partial charge in [0.2, 0.25) is 5.82 Å². The maximum atomic E-state index is 14.7. The smallest absolute Gasteiger partial charge is 0.331 e. The fourth-order valence-electron chi connectivity index (χ4n) is 2.75. The van der Waals surface area contributed by atoms with Gasteiger partial charge in [0.25, 0.3) is 7.52 Å². The first-order chi connectivity index (χ1) is 15.3. The molecule has 6 nitrogen and oxygen atoms in total. The number of hydrogen-bond acceptors (Lipinski definition) is 5. The number of hydrogen-bond donors (Lipinski definition) is 1. The Balaban J connectivity index is 1.81. The number of nitrogens with one attached hydrogen (secondary N) is 1. The molecule has 14 heteroatoms. The number of rotatable bonds is 8. The Morgan fingerprint density at radius 1 is 1.12 bits per heavy atom. The Morgan fingerprint density at radius 2 is 1.79 bits per heavy atom. The Morgan fingerprint density at radius 3 is 2.30 bits per heavy atom. The largest absolute Gasteiger partial charge is 0.416 e. The van der Waals surface area contributed by atoms with Crippen LogP contribution < -0.4 is 5.09 Å². The van der Waals surface area contributed by atoms with Crippen LogP contribution in [0.15, 0.2) is 47.0 Å². The Kier molecular flexibility index (Phi) is 7.11. The fraction of sp³-hybridized carbons (Fsp3) is 0.263. The average Bonchev–Trinajstić information content (AvgIpc) is 3.20. The third kappa shape index (κ3) is 6.27. The van der Waals surface area contributed by atoms with E-state index in [4.69, 9.17) is 16.1 Å². The summed E-state index contributed by atoms with van der Waals surface area (Å²) in [4.78, 5) is 3.41. The van der Waals surface area contributed by atoms with E-state index in [0.717, 1.165) is 30.3 Å². The highest BCUT2D eigenvalue weighted by atomic mass is 35.5. The quantitative estimate of drug-likeness (QED) is 0.198. The summed E-state index contributed by atoms with van der Waals surface area (Å²) in [5.41, 5.74) is -0.883. The fourth-order valence-corrected chi connectivity index (χ4v) is 4.73. The van der Waals surface area contributed by atoms with Gasteiger partial charge in [-0.2, -0.15) is 26.9 Å². The molecule has 0 aliphatic rings. The van der Waals surface area contributed by atoms with Gasteiger partial charge in [0.1, 0.15) is 5.82 Å². The van der Waals surface area contributed by atoms with Gasteiger partial charge in [-0.3, -0.25) is 4.57 Å². The van der Waals surface area contributed by atoms with Crippen molar-refractivity contribution in [3.63, 3.8) is 0 Å². The molecule has 1 atom stereocenters. The molecule has 3 rings (SSSR count). The summed E-state index contributed by atoms with van der Waals surface area (Å²) >= 11 is 4.80. The molecule has 0 saturated heterocycles. The van der Waals surface area contributed by atoms with Gasteiger partial charge < -0.3 is 14.1 Å². The molecule has 0 saturated carbocycles. The number of aromatic nitrogens is 2. The van der Waals surface area contributed by atoms with Crippen LogP contribution in [0, 0.1) is 5.82 Å². The van der Waals surface area contributed by atoms with E-state index in [9.17, 15) is 30.9 Å². The van der Waals surface area contributed by atoms with E-state index in [1.54, 1.807) is 6.92 Å². The zero-order chi connectivity index (χ0) is 24.4. The molecule has 3 aromatic rings. The second-order valence-corrected chi connectivity index (χ2v) is 9.28. The second-order valence-electron chi connectivity index (χ2n) is 6.66. The first-order valence-electron chi connectivity index (χ1n) is 9.19. The monoisotopic (exact) mass is 513 g/mol. The van der Waals surface area contributed by atoms with Crippen LogP contribution in [0.3, 0.4) is 0 Å². The zero-order valence-electron chi connectivity index (χ0n) is 16.7. The summed E-state index contributed by atoms with van der Waals surface area (Å²) in [5.74, 6) is -2.37. The third-order valence-corrected chi connectivity index (χ3v) is 6.40. The van der Waals surface area contributed by atoms with Gasteiger partial charge in [0.15, 0.2) is 0 Å². The van der Waals surface area contributed by atoms with Crippen molar-refractivity contribution >= 4 is 24.8 Å². The van der Waals surface area contributed by atoms with E-state index >= 15 is 0 Å². The van der Waals surface area contributed by atoms with E-state index in [1.807, 2.05) is 0 Å². The number of alkyl halides is 6. The lowest BCUT2D eigenvalue weighted by atomic mass is 10.1. The SMILES string of the molecule is CCOP(=O)(Cc1ccc(-c2noc(C(F)(F)Cl)n2)cc1F)Nc1ccc(C(F)(F)F)cc1. The maximum Gasteiger partial charge on any atom is 0.416 e. The van der Waals surface area contributed by atoms with Crippen molar-refractivity contribution in [1.29, 1.82) is 0 Å². The molecule has 1 aromatic heterocycles. The summed E-state index contributed by atoms with van der Waals surface area (Å²) in [6.45, 7) is 1.52. The maximum absolute atomic E-state index is 14.7. The summed E-state index contributed by atoms with van der Waals surface area (Å²) < 4.78 is 102. The van der Waals surface area contributed by atoms with E-state index in [-0.39, 0.29) is 29.2 Å². The molecule has 2 aromatic carbocycles. The van der Waals surface area contributed by atoms with Crippen LogP contribution in [0.2, 0.25) is 0 Å². The molecule has 0 fully saturated rings. The molecule has 0 aliphatic heterocycles. The third-order valence-electron chi connectivity index (χ3n) is 4.21. The van der Waals surface area contributed by atoms with Crippen LogP contribution in [-0.2, 0) is 26.8 Å². The molecule has 0 amide bonds. The van der Waals surface area contributed by atoms with Crippen molar-refractivity contribution in [2.45, 2.75) is 24.6 Å². The first-order valence-corrected chi connectivity index (χ1v) is 11.4. The van der Waals surface area contributed by atoms with Crippen molar-refractivity contribution in [3.8, 4) is 11.4 Å². The number of nitrogens with zero attached hydrogens (tertiary/aromatic N) is 2. The molecule has 33 heavy (non-hydrogen) atoms. The number of halogens is 7. The van der Waals surface area contributed by atoms with Crippen LogP contribution >= 0.6 is 19.1 Å². The molecule has 178 valence electrons. The highest BCUT2D eigenvalue weighted by Gasteiger charge is 2.36. The minimum atomic E-state index is -4.54. The van der Waals surface area contributed by atoms with Crippen LogP contribution in [0.25, 0.3) is 11.4 Å². The van der Waals surface area contributed by atoms with Gasteiger partial charge in [-0.05, 0) is 54.4 Å². The molecular weight excluding hydrogens is 499 g/mol. The van der Waals surface area contributed by atoms with Crippen LogP contribution in [-0.4, -0.2) is 16.7 Å². The molecule has 0 spiro atoms. The molecule has 1 heterocycles. The van der Waals surface area contributed by atoms with E-state index in [2.05, 4.69) is 19.8 Å². The molecule has 0 aliphatic carbocycles. The van der Waals surface area contributed by atoms with Crippen LogP contribution in [0.4, 0.5) is 32.0 Å². The van der Waals surface area contributed by atoms with Crippen LogP contribution in [0.5, 0.6) is 0 Å². The van der Waals surface area contributed by atoms with Crippen molar-refractivity contribution < 1.29 is 40.0 Å². The number of anilines is 1. The summed E-state index contributed by atoms with van der Waals surface area (Å²) in [6.07, 6.45) is -4.99. The van der Waals surface area contributed by atoms with E-state index < -0.39 is 42.5 Å². The van der Waals surface area contributed by atoms with Crippen LogP contribution in [0.1, 0.15) is 23.9 Å². The highest BCUT2D eigenvalue weighted by molar-refractivity contribution is 7.59. The molecular formula is C19H15ClF6N3O3P. The molecule has 0 radical (unpaired) electrons. The van der Waals surface area contributed by atoms with Gasteiger partial charge in [-0.1, -0.05) is 17.3 Å². The second kappa shape index (κ2) is 9.36. The van der Waals surface area contributed by atoms with Crippen molar-refractivity contribution in [1.82, 2.24) is 10.1 Å². The zero-order valence-corrected chi connectivity index (χ0v) is 18.3. The minimum Gasteiger partial charge on any atom is -0.331 e. The average molecular weight is 514 g/mol. The Hall–Kier alpha value is -2.56. The normalized spacial score (nSPS) is 14.2. The predicted octanol–water partition coefficient (Wildman–Crippen LogP) is 7.02. The summed E-state index contributed by atoms with van der Waals surface area (Å²) in [5, 5.41) is 1.97. The van der Waals surface area contributed by atoms with Crippen molar-refractivity contribution in [3.05, 3.63) is 65.3 Å². The van der Waals surface area contributed by atoms with Gasteiger partial charge in [0, 0.05) is 11.3 Å². The molecule has 1 N–H and O–H groups in total. The lowest BCUT2D eigenvalue weighted by molar-refractivity contribution is -0.137. The van der Waals surface area contributed by atoms with E-state index in [0.29, 0.717) is 0 Å². The van der Waals surface area contributed by atoms with Gasteiger partial charge in [0.05, 0.1) is 18.3 Å². The van der Waals surface area contributed by atoms with Gasteiger partial charge >= 0.3 is 17.4 Å². The highest BCUT2D eigenvalue weighted by Crippen LogP contribution is 2.50.